The standard InChI is InChI=1S/C21H26N6O2/c1-21(2)28-17-13(4-3-12-5-7-24-16(22)9-12)10-15(18(17)29-21)27-8-6-14-19(23)25-11-26-20(14)27/h5-9,11,13,15,17-18H,3-4,10H2,1-2H3,(H2,22,24)(H2,23,25,26)/t13-,15+,17+,18-/m0/s1. The average Bonchev–Trinajstić information content (AvgIpc) is 3.32. The number of pyridine rings is 1. The van der Waals surface area contributed by atoms with E-state index in [1.807, 2.05) is 38.2 Å². The van der Waals surface area contributed by atoms with Gasteiger partial charge in [-0.05, 0) is 62.8 Å². The predicted molar refractivity (Wildman–Crippen MR) is 110 cm³/mol. The van der Waals surface area contributed by atoms with E-state index < -0.39 is 5.79 Å². The van der Waals surface area contributed by atoms with Gasteiger partial charge in [0.25, 0.3) is 0 Å². The van der Waals surface area contributed by atoms with Crippen LogP contribution in [0.5, 0.6) is 0 Å². The monoisotopic (exact) mass is 394 g/mol. The van der Waals surface area contributed by atoms with Gasteiger partial charge in [-0.15, -0.1) is 0 Å². The topological polar surface area (TPSA) is 114 Å². The van der Waals surface area contributed by atoms with Crippen molar-refractivity contribution in [2.24, 2.45) is 5.92 Å². The molecule has 152 valence electrons. The molecule has 1 saturated carbocycles. The second kappa shape index (κ2) is 6.67. The Balaban J connectivity index is 1.43. The molecular weight excluding hydrogens is 368 g/mol. The van der Waals surface area contributed by atoms with Gasteiger partial charge in [0.05, 0.1) is 17.5 Å². The van der Waals surface area contributed by atoms with E-state index in [0.717, 1.165) is 30.3 Å². The maximum atomic E-state index is 6.34. The van der Waals surface area contributed by atoms with Crippen molar-refractivity contribution in [1.29, 1.82) is 0 Å². The minimum absolute atomic E-state index is 0.0238. The Kier molecular flexibility index (Phi) is 4.22. The first-order valence-electron chi connectivity index (χ1n) is 10.0. The average molecular weight is 394 g/mol. The number of nitrogen functional groups attached to an aromatic ring is 2. The van der Waals surface area contributed by atoms with Crippen molar-refractivity contribution in [2.45, 2.75) is 57.1 Å². The zero-order valence-electron chi connectivity index (χ0n) is 16.7. The van der Waals surface area contributed by atoms with Crippen LogP contribution in [0.1, 0.15) is 38.3 Å². The third kappa shape index (κ3) is 3.22. The minimum Gasteiger partial charge on any atom is -0.384 e. The summed E-state index contributed by atoms with van der Waals surface area (Å²) in [6, 6.07) is 6.09. The Morgan fingerprint density at radius 2 is 1.97 bits per heavy atom. The number of anilines is 2. The Labute approximate surface area is 169 Å². The second-order valence-electron chi connectivity index (χ2n) is 8.47. The fraction of sp³-hybridized carbons (Fsp3) is 0.476. The smallest absolute Gasteiger partial charge is 0.163 e. The van der Waals surface area contributed by atoms with E-state index in [1.54, 1.807) is 6.20 Å². The summed E-state index contributed by atoms with van der Waals surface area (Å²) >= 11 is 0. The zero-order chi connectivity index (χ0) is 20.2. The van der Waals surface area contributed by atoms with Gasteiger partial charge in [0.2, 0.25) is 0 Å². The molecule has 0 bridgehead atoms. The number of fused-ring (bicyclic) bond motifs is 2. The largest absolute Gasteiger partial charge is 0.384 e. The maximum absolute atomic E-state index is 6.34. The van der Waals surface area contributed by atoms with E-state index in [-0.39, 0.29) is 18.2 Å². The number of hydrogen-bond acceptors (Lipinski definition) is 7. The number of hydrogen-bond donors (Lipinski definition) is 2. The molecule has 1 aliphatic carbocycles. The molecule has 5 rings (SSSR count). The van der Waals surface area contributed by atoms with E-state index >= 15 is 0 Å². The number of nitrogens with two attached hydrogens (primary N) is 2. The normalized spacial score (nSPS) is 28.1. The summed E-state index contributed by atoms with van der Waals surface area (Å²) in [5.74, 6) is 0.837. The lowest BCUT2D eigenvalue weighted by atomic mass is 9.96. The fourth-order valence-electron chi connectivity index (χ4n) is 4.87. The lowest BCUT2D eigenvalue weighted by Crippen LogP contribution is -2.27. The predicted octanol–water partition coefficient (Wildman–Crippen LogP) is 2.70. The number of aryl methyl sites for hydroxylation is 1. The summed E-state index contributed by atoms with van der Waals surface area (Å²) in [5.41, 5.74) is 13.9. The molecule has 0 amide bonds. The van der Waals surface area contributed by atoms with Crippen molar-refractivity contribution in [2.75, 3.05) is 11.5 Å². The van der Waals surface area contributed by atoms with Gasteiger partial charge < -0.3 is 25.5 Å². The van der Waals surface area contributed by atoms with Crippen molar-refractivity contribution in [3.63, 3.8) is 0 Å². The van der Waals surface area contributed by atoms with Gasteiger partial charge in [0, 0.05) is 12.4 Å². The van der Waals surface area contributed by atoms with Crippen LogP contribution in [0, 0.1) is 5.92 Å². The SMILES string of the molecule is CC1(C)O[C@@H]2[C@@H](CCc3ccnc(N)c3)C[C@@H](n3ccc4c(N)ncnc43)[C@@H]2O1. The van der Waals surface area contributed by atoms with Gasteiger partial charge in [-0.3, -0.25) is 0 Å². The Morgan fingerprint density at radius 1 is 1.14 bits per heavy atom. The Hall–Kier alpha value is -2.71. The van der Waals surface area contributed by atoms with Gasteiger partial charge in [0.15, 0.2) is 5.79 Å². The van der Waals surface area contributed by atoms with Crippen LogP contribution in [0.15, 0.2) is 36.9 Å². The van der Waals surface area contributed by atoms with Crippen LogP contribution in [-0.4, -0.2) is 37.5 Å². The molecule has 4 heterocycles. The quantitative estimate of drug-likeness (QED) is 0.699. The Bertz CT molecular complexity index is 1050. The number of nitrogens with zero attached hydrogens (tertiary/aromatic N) is 4. The molecule has 2 aliphatic rings. The van der Waals surface area contributed by atoms with Crippen LogP contribution in [0.25, 0.3) is 11.0 Å². The molecule has 4 N–H and O–H groups in total. The molecule has 2 fully saturated rings. The molecule has 0 spiro atoms. The van der Waals surface area contributed by atoms with Crippen LogP contribution in [0.4, 0.5) is 11.6 Å². The zero-order valence-corrected chi connectivity index (χ0v) is 16.7. The van der Waals surface area contributed by atoms with Crippen molar-refractivity contribution >= 4 is 22.7 Å². The van der Waals surface area contributed by atoms with Crippen molar-refractivity contribution in [3.05, 3.63) is 42.5 Å². The summed E-state index contributed by atoms with van der Waals surface area (Å²) in [5, 5.41) is 0.873. The third-order valence-electron chi connectivity index (χ3n) is 6.10. The van der Waals surface area contributed by atoms with Gasteiger partial charge in [0.1, 0.15) is 29.7 Å². The van der Waals surface area contributed by atoms with E-state index in [2.05, 4.69) is 19.5 Å². The highest BCUT2D eigenvalue weighted by Crippen LogP contribution is 2.49. The summed E-state index contributed by atoms with van der Waals surface area (Å²) in [6.45, 7) is 3.97. The lowest BCUT2D eigenvalue weighted by Gasteiger charge is -2.24. The number of rotatable bonds is 4. The molecule has 0 radical (unpaired) electrons. The first kappa shape index (κ1) is 18.3. The van der Waals surface area contributed by atoms with Crippen LogP contribution in [0.3, 0.4) is 0 Å². The summed E-state index contributed by atoms with van der Waals surface area (Å²) in [7, 11) is 0. The van der Waals surface area contributed by atoms with Gasteiger partial charge >= 0.3 is 0 Å². The molecule has 29 heavy (non-hydrogen) atoms. The van der Waals surface area contributed by atoms with Crippen molar-refractivity contribution in [3.8, 4) is 0 Å². The second-order valence-corrected chi connectivity index (χ2v) is 8.47. The van der Waals surface area contributed by atoms with Gasteiger partial charge in [-0.1, -0.05) is 0 Å². The molecule has 1 saturated heterocycles. The van der Waals surface area contributed by atoms with Gasteiger partial charge in [-0.2, -0.15) is 0 Å². The number of aromatic nitrogens is 4. The molecular formula is C21H26N6O2. The molecule has 1 aliphatic heterocycles. The van der Waals surface area contributed by atoms with Gasteiger partial charge in [-0.25, -0.2) is 15.0 Å². The van der Waals surface area contributed by atoms with E-state index in [4.69, 9.17) is 20.9 Å². The summed E-state index contributed by atoms with van der Waals surface area (Å²) in [6.07, 6.45) is 8.23. The number of ether oxygens (including phenoxy) is 2. The molecule has 0 aromatic carbocycles. The fourth-order valence-corrected chi connectivity index (χ4v) is 4.87. The van der Waals surface area contributed by atoms with E-state index in [0.29, 0.717) is 17.6 Å². The molecule has 8 heteroatoms. The van der Waals surface area contributed by atoms with Crippen molar-refractivity contribution < 1.29 is 9.47 Å². The van der Waals surface area contributed by atoms with Crippen molar-refractivity contribution in [1.82, 2.24) is 19.5 Å². The first-order valence-corrected chi connectivity index (χ1v) is 10.0. The summed E-state index contributed by atoms with van der Waals surface area (Å²) < 4.78 is 14.9. The maximum Gasteiger partial charge on any atom is 0.163 e. The third-order valence-corrected chi connectivity index (χ3v) is 6.10. The molecule has 4 atom stereocenters. The minimum atomic E-state index is -0.593. The lowest BCUT2D eigenvalue weighted by molar-refractivity contribution is -0.160. The first-order chi connectivity index (χ1) is 13.9. The Morgan fingerprint density at radius 3 is 2.79 bits per heavy atom. The van der Waals surface area contributed by atoms with E-state index in [9.17, 15) is 0 Å². The molecule has 3 aromatic heterocycles. The molecule has 3 aromatic rings. The van der Waals surface area contributed by atoms with Crippen LogP contribution in [0.2, 0.25) is 0 Å². The van der Waals surface area contributed by atoms with Crippen LogP contribution in [-0.2, 0) is 15.9 Å². The summed E-state index contributed by atoms with van der Waals surface area (Å²) in [4.78, 5) is 12.7. The van der Waals surface area contributed by atoms with Crippen LogP contribution < -0.4 is 11.5 Å². The highest BCUT2D eigenvalue weighted by molar-refractivity contribution is 5.86. The molecule has 0 unspecified atom stereocenters. The highest BCUT2D eigenvalue weighted by atomic mass is 16.8. The highest BCUT2D eigenvalue weighted by Gasteiger charge is 2.54. The van der Waals surface area contributed by atoms with Crippen LogP contribution >= 0.6 is 0 Å². The molecule has 8 nitrogen and oxygen atoms in total. The van der Waals surface area contributed by atoms with E-state index in [1.165, 1.54) is 11.9 Å².